The molecule has 1 unspecified atom stereocenters. The molecule has 0 aromatic heterocycles. The quantitative estimate of drug-likeness (QED) is 0.745. The first-order valence-corrected chi connectivity index (χ1v) is 6.18. The maximum absolute atomic E-state index is 11.7. The first kappa shape index (κ1) is 13.6. The number of carbonyl (C=O) groups is 1. The first-order valence-electron chi connectivity index (χ1n) is 6.18. The second-order valence-corrected chi connectivity index (χ2v) is 4.66. The van der Waals surface area contributed by atoms with Crippen LogP contribution in [0.15, 0.2) is 18.2 Å². The van der Waals surface area contributed by atoms with Gasteiger partial charge in [0.25, 0.3) is 5.91 Å². The molecule has 1 aliphatic rings. The van der Waals surface area contributed by atoms with E-state index < -0.39 is 6.04 Å². The second kappa shape index (κ2) is 5.90. The SMILES string of the molecule is CN(C)NC(=O)C(N)Cc1ccc2c(c1)OCCO2. The fourth-order valence-electron chi connectivity index (χ4n) is 1.86. The van der Waals surface area contributed by atoms with E-state index in [1.807, 2.05) is 18.2 Å². The third-order valence-electron chi connectivity index (χ3n) is 2.73. The average molecular weight is 265 g/mol. The number of fused-ring (bicyclic) bond motifs is 1. The Morgan fingerprint density at radius 3 is 2.74 bits per heavy atom. The summed E-state index contributed by atoms with van der Waals surface area (Å²) < 4.78 is 10.9. The monoisotopic (exact) mass is 265 g/mol. The van der Waals surface area contributed by atoms with Crippen LogP contribution in [-0.2, 0) is 11.2 Å². The van der Waals surface area contributed by atoms with Crippen molar-refractivity contribution in [2.45, 2.75) is 12.5 Å². The Balaban J connectivity index is 2.01. The van der Waals surface area contributed by atoms with Crippen molar-refractivity contribution in [1.29, 1.82) is 0 Å². The van der Waals surface area contributed by atoms with Gasteiger partial charge in [-0.15, -0.1) is 0 Å². The van der Waals surface area contributed by atoms with Gasteiger partial charge < -0.3 is 15.2 Å². The smallest absolute Gasteiger partial charge is 0.251 e. The molecule has 1 aromatic carbocycles. The lowest BCUT2D eigenvalue weighted by Gasteiger charge is -2.20. The van der Waals surface area contributed by atoms with Gasteiger partial charge in [0.05, 0.1) is 6.04 Å². The zero-order chi connectivity index (χ0) is 13.8. The topological polar surface area (TPSA) is 76.8 Å². The number of hydrogen-bond donors (Lipinski definition) is 2. The lowest BCUT2D eigenvalue weighted by atomic mass is 10.1. The molecule has 0 spiro atoms. The summed E-state index contributed by atoms with van der Waals surface area (Å²) in [6, 6.07) is 5.03. The molecule has 0 radical (unpaired) electrons. The average Bonchev–Trinajstić information content (AvgIpc) is 2.37. The van der Waals surface area contributed by atoms with Gasteiger partial charge in [0, 0.05) is 14.1 Å². The molecule has 104 valence electrons. The highest BCUT2D eigenvalue weighted by Crippen LogP contribution is 2.30. The largest absolute Gasteiger partial charge is 0.486 e. The van der Waals surface area contributed by atoms with Crippen LogP contribution in [0, 0.1) is 0 Å². The Labute approximate surface area is 112 Å². The van der Waals surface area contributed by atoms with Crippen LogP contribution in [-0.4, -0.2) is 44.3 Å². The Bertz CT molecular complexity index is 462. The van der Waals surface area contributed by atoms with Gasteiger partial charge in [-0.25, -0.2) is 5.01 Å². The molecule has 1 atom stereocenters. The van der Waals surface area contributed by atoms with Gasteiger partial charge in [0.2, 0.25) is 0 Å². The van der Waals surface area contributed by atoms with Gasteiger partial charge in [0.1, 0.15) is 13.2 Å². The van der Waals surface area contributed by atoms with Crippen molar-refractivity contribution < 1.29 is 14.3 Å². The molecule has 6 heteroatoms. The molecule has 0 saturated carbocycles. The van der Waals surface area contributed by atoms with Gasteiger partial charge in [-0.05, 0) is 24.1 Å². The lowest BCUT2D eigenvalue weighted by Crippen LogP contribution is -2.47. The minimum Gasteiger partial charge on any atom is -0.486 e. The van der Waals surface area contributed by atoms with E-state index in [2.05, 4.69) is 5.43 Å². The highest BCUT2D eigenvalue weighted by atomic mass is 16.6. The molecular weight excluding hydrogens is 246 g/mol. The summed E-state index contributed by atoms with van der Waals surface area (Å²) in [4.78, 5) is 11.7. The lowest BCUT2D eigenvalue weighted by molar-refractivity contribution is -0.126. The van der Waals surface area contributed by atoms with Crippen molar-refractivity contribution in [2.75, 3.05) is 27.3 Å². The van der Waals surface area contributed by atoms with E-state index in [-0.39, 0.29) is 5.91 Å². The summed E-state index contributed by atoms with van der Waals surface area (Å²) in [5, 5.41) is 1.58. The standard InChI is InChI=1S/C13H19N3O3/c1-16(2)15-13(17)10(14)7-9-3-4-11-12(8-9)19-6-5-18-11/h3-4,8,10H,5-7,14H2,1-2H3,(H,15,17). The second-order valence-electron chi connectivity index (χ2n) is 4.66. The summed E-state index contributed by atoms with van der Waals surface area (Å²) in [5.74, 6) is 1.24. The Morgan fingerprint density at radius 2 is 2.05 bits per heavy atom. The molecule has 1 amide bonds. The van der Waals surface area contributed by atoms with Crippen molar-refractivity contribution in [3.8, 4) is 11.5 Å². The van der Waals surface area contributed by atoms with Crippen molar-refractivity contribution in [1.82, 2.24) is 10.4 Å². The Hall–Kier alpha value is -1.79. The third kappa shape index (κ3) is 3.59. The molecule has 1 aliphatic heterocycles. The minimum atomic E-state index is -0.593. The summed E-state index contributed by atoms with van der Waals surface area (Å²) in [6.45, 7) is 1.11. The number of ether oxygens (including phenoxy) is 2. The molecular formula is C13H19N3O3. The van der Waals surface area contributed by atoms with E-state index in [0.717, 1.165) is 11.3 Å². The van der Waals surface area contributed by atoms with Crippen molar-refractivity contribution in [3.63, 3.8) is 0 Å². The fourth-order valence-corrected chi connectivity index (χ4v) is 1.86. The van der Waals surface area contributed by atoms with Gasteiger partial charge >= 0.3 is 0 Å². The number of amides is 1. The maximum Gasteiger partial charge on any atom is 0.251 e. The molecule has 6 nitrogen and oxygen atoms in total. The van der Waals surface area contributed by atoms with E-state index in [1.54, 1.807) is 19.1 Å². The van der Waals surface area contributed by atoms with E-state index >= 15 is 0 Å². The van der Waals surface area contributed by atoms with Gasteiger partial charge in [-0.3, -0.25) is 10.2 Å². The van der Waals surface area contributed by atoms with Crippen molar-refractivity contribution in [3.05, 3.63) is 23.8 Å². The Morgan fingerprint density at radius 1 is 1.37 bits per heavy atom. The predicted octanol–water partition coefficient (Wildman–Crippen LogP) is -0.0796. The number of hydrazine groups is 1. The molecule has 2 rings (SSSR count). The zero-order valence-electron chi connectivity index (χ0n) is 11.2. The van der Waals surface area contributed by atoms with E-state index in [0.29, 0.717) is 25.4 Å². The summed E-state index contributed by atoms with van der Waals surface area (Å²) >= 11 is 0. The van der Waals surface area contributed by atoms with Crippen LogP contribution in [0.1, 0.15) is 5.56 Å². The number of nitrogens with one attached hydrogen (secondary N) is 1. The van der Waals surface area contributed by atoms with Crippen LogP contribution in [0.25, 0.3) is 0 Å². The van der Waals surface area contributed by atoms with E-state index in [9.17, 15) is 4.79 Å². The molecule has 0 aliphatic carbocycles. The number of nitrogens with two attached hydrogens (primary N) is 1. The normalized spacial score (nSPS) is 15.2. The summed E-state index contributed by atoms with van der Waals surface area (Å²) in [5.41, 5.74) is 9.45. The highest BCUT2D eigenvalue weighted by Gasteiger charge is 2.17. The molecule has 19 heavy (non-hydrogen) atoms. The van der Waals surface area contributed by atoms with E-state index in [4.69, 9.17) is 15.2 Å². The molecule has 0 fully saturated rings. The number of rotatable bonds is 4. The van der Waals surface area contributed by atoms with Crippen LogP contribution in [0.2, 0.25) is 0 Å². The number of benzene rings is 1. The van der Waals surface area contributed by atoms with Gasteiger partial charge in [0.15, 0.2) is 11.5 Å². The number of nitrogens with zero attached hydrogens (tertiary/aromatic N) is 1. The highest BCUT2D eigenvalue weighted by molar-refractivity contribution is 5.81. The van der Waals surface area contributed by atoms with Crippen LogP contribution in [0.4, 0.5) is 0 Å². The molecule has 1 heterocycles. The van der Waals surface area contributed by atoms with Crippen molar-refractivity contribution >= 4 is 5.91 Å². The summed E-state index contributed by atoms with van der Waals surface area (Å²) in [7, 11) is 3.49. The molecule has 0 bridgehead atoms. The molecule has 0 saturated heterocycles. The first-order chi connectivity index (χ1) is 9.06. The van der Waals surface area contributed by atoms with Crippen LogP contribution >= 0.6 is 0 Å². The van der Waals surface area contributed by atoms with Crippen LogP contribution < -0.4 is 20.6 Å². The van der Waals surface area contributed by atoms with Gasteiger partial charge in [-0.1, -0.05) is 6.07 Å². The molecule has 3 N–H and O–H groups in total. The van der Waals surface area contributed by atoms with E-state index in [1.165, 1.54) is 0 Å². The number of carbonyl (C=O) groups excluding carboxylic acids is 1. The fraction of sp³-hybridized carbons (Fsp3) is 0.462. The van der Waals surface area contributed by atoms with Gasteiger partial charge in [-0.2, -0.15) is 0 Å². The maximum atomic E-state index is 11.7. The summed E-state index contributed by atoms with van der Waals surface area (Å²) in [6.07, 6.45) is 0.455. The van der Waals surface area contributed by atoms with Crippen molar-refractivity contribution in [2.24, 2.45) is 5.73 Å². The third-order valence-corrected chi connectivity index (χ3v) is 2.73. The van der Waals surface area contributed by atoms with Crippen LogP contribution in [0.3, 0.4) is 0 Å². The number of hydrogen-bond acceptors (Lipinski definition) is 5. The predicted molar refractivity (Wildman–Crippen MR) is 70.9 cm³/mol. The minimum absolute atomic E-state index is 0.208. The zero-order valence-corrected chi connectivity index (χ0v) is 11.2. The molecule has 1 aromatic rings. The van der Waals surface area contributed by atoms with Crippen LogP contribution in [0.5, 0.6) is 11.5 Å². The Kier molecular flexibility index (Phi) is 4.24.